The van der Waals surface area contributed by atoms with Crippen molar-refractivity contribution in [3.8, 4) is 0 Å². The number of nitrogens with zero attached hydrogens (tertiary/aromatic N) is 1. The molecule has 1 aromatic carbocycles. The van der Waals surface area contributed by atoms with Crippen molar-refractivity contribution in [3.05, 3.63) is 23.8 Å². The summed E-state index contributed by atoms with van der Waals surface area (Å²) in [5, 5.41) is 2.82. The quantitative estimate of drug-likeness (QED) is 0.686. The molecule has 2 amide bonds. The number of carbonyl (C=O) groups is 1. The predicted octanol–water partition coefficient (Wildman–Crippen LogP) is 1.71. The average Bonchev–Trinajstić information content (AvgIpc) is 2.17. The third-order valence-electron chi connectivity index (χ3n) is 2.60. The standard InChI is InChI=1S/C11H15N3O/c1-7(2)14-10-5-3-4-9(12)8(10)6-13-11(14)15/h3-5,7H,6,12H2,1-2H3,(H,13,15). The highest BCUT2D eigenvalue weighted by molar-refractivity contribution is 5.96. The normalized spacial score (nSPS) is 15.1. The van der Waals surface area contributed by atoms with E-state index in [0.29, 0.717) is 6.54 Å². The van der Waals surface area contributed by atoms with E-state index in [4.69, 9.17) is 5.73 Å². The molecule has 0 saturated carbocycles. The van der Waals surface area contributed by atoms with Gasteiger partial charge in [0.25, 0.3) is 0 Å². The molecule has 3 N–H and O–H groups in total. The lowest BCUT2D eigenvalue weighted by atomic mass is 10.1. The first-order chi connectivity index (χ1) is 7.11. The van der Waals surface area contributed by atoms with E-state index in [9.17, 15) is 4.79 Å². The zero-order valence-electron chi connectivity index (χ0n) is 8.95. The van der Waals surface area contributed by atoms with E-state index in [-0.39, 0.29) is 12.1 Å². The van der Waals surface area contributed by atoms with Gasteiger partial charge in [-0.25, -0.2) is 4.79 Å². The highest BCUT2D eigenvalue weighted by Gasteiger charge is 2.26. The minimum absolute atomic E-state index is 0.0527. The van der Waals surface area contributed by atoms with Crippen LogP contribution in [0.5, 0.6) is 0 Å². The van der Waals surface area contributed by atoms with Crippen LogP contribution >= 0.6 is 0 Å². The molecule has 0 spiro atoms. The van der Waals surface area contributed by atoms with Crippen LogP contribution in [0.15, 0.2) is 18.2 Å². The molecule has 0 saturated heterocycles. The lowest BCUT2D eigenvalue weighted by molar-refractivity contribution is 0.243. The summed E-state index contributed by atoms with van der Waals surface area (Å²) < 4.78 is 0. The van der Waals surface area contributed by atoms with E-state index < -0.39 is 0 Å². The molecular formula is C11H15N3O. The van der Waals surface area contributed by atoms with Gasteiger partial charge in [0.15, 0.2) is 0 Å². The van der Waals surface area contributed by atoms with Gasteiger partial charge in [-0.05, 0) is 26.0 Å². The van der Waals surface area contributed by atoms with Crippen molar-refractivity contribution in [2.24, 2.45) is 0 Å². The molecule has 0 fully saturated rings. The lowest BCUT2D eigenvalue weighted by Gasteiger charge is -2.33. The Morgan fingerprint density at radius 1 is 1.47 bits per heavy atom. The van der Waals surface area contributed by atoms with Crippen molar-refractivity contribution in [3.63, 3.8) is 0 Å². The first-order valence-electron chi connectivity index (χ1n) is 5.05. The molecule has 1 aliphatic rings. The number of nitrogens with one attached hydrogen (secondary N) is 1. The maximum absolute atomic E-state index is 11.7. The van der Waals surface area contributed by atoms with Gasteiger partial charge in [0.2, 0.25) is 0 Å². The molecule has 0 aliphatic carbocycles. The fourth-order valence-corrected chi connectivity index (χ4v) is 1.88. The van der Waals surface area contributed by atoms with Crippen molar-refractivity contribution >= 4 is 17.4 Å². The monoisotopic (exact) mass is 205 g/mol. The number of fused-ring (bicyclic) bond motifs is 1. The predicted molar refractivity (Wildman–Crippen MR) is 60.7 cm³/mol. The second kappa shape index (κ2) is 3.46. The number of carbonyl (C=O) groups excluding carboxylic acids is 1. The highest BCUT2D eigenvalue weighted by atomic mass is 16.2. The SMILES string of the molecule is CC(C)N1C(=O)NCc2c(N)cccc21. The summed E-state index contributed by atoms with van der Waals surface area (Å²) in [4.78, 5) is 13.4. The second-order valence-electron chi connectivity index (χ2n) is 3.97. The summed E-state index contributed by atoms with van der Waals surface area (Å²) >= 11 is 0. The van der Waals surface area contributed by atoms with Crippen molar-refractivity contribution < 1.29 is 4.79 Å². The van der Waals surface area contributed by atoms with Gasteiger partial charge in [-0.3, -0.25) is 4.90 Å². The van der Waals surface area contributed by atoms with E-state index in [1.807, 2.05) is 32.0 Å². The molecule has 1 aliphatic heterocycles. The molecule has 4 nitrogen and oxygen atoms in total. The molecule has 0 bridgehead atoms. The molecule has 0 unspecified atom stereocenters. The van der Waals surface area contributed by atoms with Crippen LogP contribution in [0.2, 0.25) is 0 Å². The minimum atomic E-state index is -0.0527. The fraction of sp³-hybridized carbons (Fsp3) is 0.364. The molecule has 4 heteroatoms. The Labute approximate surface area is 89.1 Å². The Morgan fingerprint density at radius 3 is 2.87 bits per heavy atom. The van der Waals surface area contributed by atoms with Crippen molar-refractivity contribution in [2.75, 3.05) is 10.6 Å². The number of amides is 2. The van der Waals surface area contributed by atoms with E-state index in [2.05, 4.69) is 5.32 Å². The van der Waals surface area contributed by atoms with Crippen LogP contribution in [0.3, 0.4) is 0 Å². The summed E-state index contributed by atoms with van der Waals surface area (Å²) in [5.74, 6) is 0. The first kappa shape index (κ1) is 9.83. The fourth-order valence-electron chi connectivity index (χ4n) is 1.88. The number of hydrogen-bond donors (Lipinski definition) is 2. The van der Waals surface area contributed by atoms with Crippen LogP contribution in [0.25, 0.3) is 0 Å². The summed E-state index contributed by atoms with van der Waals surface area (Å²) in [6.45, 7) is 4.49. The third-order valence-corrected chi connectivity index (χ3v) is 2.60. The molecule has 15 heavy (non-hydrogen) atoms. The second-order valence-corrected chi connectivity index (χ2v) is 3.97. The van der Waals surface area contributed by atoms with Crippen LogP contribution < -0.4 is 16.0 Å². The molecule has 0 radical (unpaired) electrons. The van der Waals surface area contributed by atoms with Crippen LogP contribution in [0.1, 0.15) is 19.4 Å². The number of benzene rings is 1. The van der Waals surface area contributed by atoms with Gasteiger partial charge in [-0.15, -0.1) is 0 Å². The Hall–Kier alpha value is -1.71. The lowest BCUT2D eigenvalue weighted by Crippen LogP contribution is -2.47. The number of nitrogen functional groups attached to an aromatic ring is 1. The van der Waals surface area contributed by atoms with Gasteiger partial charge in [-0.2, -0.15) is 0 Å². The van der Waals surface area contributed by atoms with Crippen molar-refractivity contribution in [1.29, 1.82) is 0 Å². The van der Waals surface area contributed by atoms with Gasteiger partial charge < -0.3 is 11.1 Å². The van der Waals surface area contributed by atoms with E-state index in [0.717, 1.165) is 16.9 Å². The van der Waals surface area contributed by atoms with Gasteiger partial charge in [0, 0.05) is 23.8 Å². The smallest absolute Gasteiger partial charge is 0.322 e. The summed E-state index contributed by atoms with van der Waals surface area (Å²) in [6.07, 6.45) is 0. The van der Waals surface area contributed by atoms with Gasteiger partial charge in [-0.1, -0.05) is 6.07 Å². The maximum atomic E-state index is 11.7. The Kier molecular flexibility index (Phi) is 2.26. The molecule has 1 heterocycles. The van der Waals surface area contributed by atoms with Crippen molar-refractivity contribution in [2.45, 2.75) is 26.4 Å². The van der Waals surface area contributed by atoms with Crippen LogP contribution in [-0.2, 0) is 6.54 Å². The van der Waals surface area contributed by atoms with Gasteiger partial charge in [0.05, 0.1) is 5.69 Å². The average molecular weight is 205 g/mol. The molecule has 0 atom stereocenters. The Morgan fingerprint density at radius 2 is 2.20 bits per heavy atom. The number of anilines is 2. The molecular weight excluding hydrogens is 190 g/mol. The number of rotatable bonds is 1. The van der Waals surface area contributed by atoms with Gasteiger partial charge >= 0.3 is 6.03 Å². The van der Waals surface area contributed by atoms with Crippen LogP contribution in [0, 0.1) is 0 Å². The van der Waals surface area contributed by atoms with E-state index >= 15 is 0 Å². The molecule has 0 aromatic heterocycles. The Balaban J connectivity index is 2.53. The number of urea groups is 1. The summed E-state index contributed by atoms with van der Waals surface area (Å²) in [6, 6.07) is 5.75. The highest BCUT2D eigenvalue weighted by Crippen LogP contribution is 2.30. The van der Waals surface area contributed by atoms with Crippen molar-refractivity contribution in [1.82, 2.24) is 5.32 Å². The number of hydrogen-bond acceptors (Lipinski definition) is 2. The van der Waals surface area contributed by atoms with E-state index in [1.54, 1.807) is 4.90 Å². The van der Waals surface area contributed by atoms with Gasteiger partial charge in [0.1, 0.15) is 0 Å². The topological polar surface area (TPSA) is 58.4 Å². The molecule has 1 aromatic rings. The zero-order chi connectivity index (χ0) is 11.0. The third kappa shape index (κ3) is 1.52. The number of nitrogens with two attached hydrogens (primary N) is 1. The van der Waals surface area contributed by atoms with Crippen LogP contribution in [0.4, 0.5) is 16.2 Å². The summed E-state index contributed by atoms with van der Waals surface area (Å²) in [7, 11) is 0. The first-order valence-corrected chi connectivity index (χ1v) is 5.05. The molecule has 80 valence electrons. The summed E-state index contributed by atoms with van der Waals surface area (Å²) in [5.41, 5.74) is 8.54. The zero-order valence-corrected chi connectivity index (χ0v) is 8.95. The van der Waals surface area contributed by atoms with E-state index in [1.165, 1.54) is 0 Å². The Bertz CT molecular complexity index is 401. The van der Waals surface area contributed by atoms with Crippen LogP contribution in [-0.4, -0.2) is 12.1 Å². The molecule has 2 rings (SSSR count). The minimum Gasteiger partial charge on any atom is -0.398 e. The maximum Gasteiger partial charge on any atom is 0.322 e. The largest absolute Gasteiger partial charge is 0.398 e.